The largest absolute Gasteiger partial charge is 0.756 e. The van der Waals surface area contributed by atoms with Crippen LogP contribution in [0.2, 0.25) is 0 Å². The second kappa shape index (κ2) is 49.9. The zero-order valence-electron chi connectivity index (χ0n) is 44.5. The predicted octanol–water partition coefficient (Wildman–Crippen LogP) is 17.3. The van der Waals surface area contributed by atoms with Gasteiger partial charge >= 0.3 is 5.97 Å². The Kier molecular flexibility index (Phi) is 49.5. The van der Waals surface area contributed by atoms with Gasteiger partial charge in [-0.3, -0.25) is 9.36 Å². The number of esters is 1. The molecule has 0 aliphatic carbocycles. The van der Waals surface area contributed by atoms with Crippen molar-refractivity contribution in [1.82, 2.24) is 0 Å². The van der Waals surface area contributed by atoms with E-state index in [4.69, 9.17) is 18.5 Å². The Morgan fingerprint density at radius 2 is 0.708 bits per heavy atom. The zero-order chi connectivity index (χ0) is 47.6. The summed E-state index contributed by atoms with van der Waals surface area (Å²) in [7, 11) is 1.38. The minimum atomic E-state index is -4.52. The number of unbranched alkanes of at least 4 members (excludes halogenated alkanes) is 41. The summed E-state index contributed by atoms with van der Waals surface area (Å²) in [5.41, 5.74) is 0. The number of ether oxygens (including phenoxy) is 2. The normalized spacial score (nSPS) is 13.4. The van der Waals surface area contributed by atoms with Crippen molar-refractivity contribution in [3.63, 3.8) is 0 Å². The molecule has 9 heteroatoms. The highest BCUT2D eigenvalue weighted by Crippen LogP contribution is 2.38. The molecular formula is C56H114NO7P. The van der Waals surface area contributed by atoms with Gasteiger partial charge < -0.3 is 27.9 Å². The Balaban J connectivity index is 3.86. The monoisotopic (exact) mass is 944 g/mol. The van der Waals surface area contributed by atoms with Crippen LogP contribution in [0.15, 0.2) is 0 Å². The molecule has 0 spiro atoms. The van der Waals surface area contributed by atoms with Gasteiger partial charge in [0.05, 0.1) is 34.4 Å². The van der Waals surface area contributed by atoms with Crippen LogP contribution in [-0.2, 0) is 27.9 Å². The van der Waals surface area contributed by atoms with Gasteiger partial charge in [-0.1, -0.05) is 277 Å². The van der Waals surface area contributed by atoms with Gasteiger partial charge in [0.2, 0.25) is 0 Å². The van der Waals surface area contributed by atoms with Crippen LogP contribution in [-0.4, -0.2) is 70.7 Å². The van der Waals surface area contributed by atoms with Crippen molar-refractivity contribution in [3.8, 4) is 0 Å². The maximum absolute atomic E-state index is 12.8. The lowest BCUT2D eigenvalue weighted by molar-refractivity contribution is -0.870. The molecule has 0 amide bonds. The third-order valence-corrected chi connectivity index (χ3v) is 14.1. The Bertz CT molecular complexity index is 1010. The number of likely N-dealkylation sites (N-methyl/N-ethyl adjacent to an activating group) is 1. The lowest BCUT2D eigenvalue weighted by atomic mass is 10.0. The lowest BCUT2D eigenvalue weighted by Gasteiger charge is -2.28. The number of hydrogen-bond acceptors (Lipinski definition) is 7. The summed E-state index contributed by atoms with van der Waals surface area (Å²) in [5, 5.41) is 0. The smallest absolute Gasteiger partial charge is 0.306 e. The number of carbonyl (C=O) groups excluding carboxylic acids is 1. The van der Waals surface area contributed by atoms with E-state index < -0.39 is 13.9 Å². The fourth-order valence-electron chi connectivity index (χ4n) is 8.73. The number of hydrogen-bond donors (Lipinski definition) is 0. The minimum absolute atomic E-state index is 0.0316. The van der Waals surface area contributed by atoms with Crippen LogP contribution in [0, 0.1) is 0 Å². The first-order chi connectivity index (χ1) is 31.6. The van der Waals surface area contributed by atoms with E-state index in [1.165, 1.54) is 244 Å². The van der Waals surface area contributed by atoms with Crippen molar-refractivity contribution >= 4 is 13.8 Å². The first kappa shape index (κ1) is 64.5. The summed E-state index contributed by atoms with van der Waals surface area (Å²) in [6.07, 6.45) is 57.3. The van der Waals surface area contributed by atoms with E-state index in [-0.39, 0.29) is 25.8 Å². The number of phosphoric acid groups is 1. The molecule has 0 aromatic heterocycles. The van der Waals surface area contributed by atoms with E-state index >= 15 is 0 Å². The quantitative estimate of drug-likeness (QED) is 0.0259. The fraction of sp³-hybridized carbons (Fsp3) is 0.982. The van der Waals surface area contributed by atoms with Gasteiger partial charge in [-0.2, -0.15) is 0 Å². The third kappa shape index (κ3) is 54.3. The molecule has 0 aliphatic rings. The molecule has 0 heterocycles. The molecule has 0 bridgehead atoms. The third-order valence-electron chi connectivity index (χ3n) is 13.2. The van der Waals surface area contributed by atoms with Crippen LogP contribution in [0.25, 0.3) is 0 Å². The minimum Gasteiger partial charge on any atom is -0.756 e. The lowest BCUT2D eigenvalue weighted by Crippen LogP contribution is -2.37. The molecule has 0 aliphatic heterocycles. The standard InChI is InChI=1S/C56H114NO7P/c1-6-8-10-12-14-16-18-20-21-22-23-24-25-26-27-28-29-30-31-32-33-34-35-36-37-38-39-41-43-45-47-49-56(58)64-55(54-63-65(59,60)62-52-50-57(3,4)5)53-61-51-48-46-44-42-40-19-17-15-13-11-9-7-2/h55H,6-54H2,1-5H3/t55-/m1/s1. The average molecular weight is 945 g/mol. The molecule has 8 nitrogen and oxygen atoms in total. The SMILES string of the molecule is CCCCCCCCCCCCCCCCCCCCCCCCCCCCCCCCCC(=O)O[C@H](COCCCCCCCCCCCCCC)COP(=O)([O-])OCC[N+](C)(C)C. The van der Waals surface area contributed by atoms with E-state index in [1.807, 2.05) is 21.1 Å². The van der Waals surface area contributed by atoms with Crippen LogP contribution < -0.4 is 4.89 Å². The number of quaternary nitrogens is 1. The summed E-state index contributed by atoms with van der Waals surface area (Å²) in [6.45, 7) is 5.49. The Labute approximate surface area is 406 Å². The van der Waals surface area contributed by atoms with Gasteiger partial charge in [0.15, 0.2) is 0 Å². The molecule has 1 unspecified atom stereocenters. The van der Waals surface area contributed by atoms with Crippen molar-refractivity contribution < 1.29 is 37.3 Å². The van der Waals surface area contributed by atoms with Crippen molar-refractivity contribution in [2.24, 2.45) is 0 Å². The van der Waals surface area contributed by atoms with E-state index in [1.54, 1.807) is 0 Å². The summed E-state index contributed by atoms with van der Waals surface area (Å²) in [6, 6.07) is 0. The van der Waals surface area contributed by atoms with Gasteiger partial charge in [0, 0.05) is 13.0 Å². The molecule has 0 fully saturated rings. The molecule has 0 aromatic carbocycles. The molecule has 0 saturated carbocycles. The maximum Gasteiger partial charge on any atom is 0.306 e. The number of nitrogens with zero attached hydrogens (tertiary/aromatic N) is 1. The molecule has 0 rings (SSSR count). The van der Waals surface area contributed by atoms with Crippen LogP contribution >= 0.6 is 7.82 Å². The second-order valence-electron chi connectivity index (χ2n) is 21.0. The van der Waals surface area contributed by atoms with Gasteiger partial charge in [0.1, 0.15) is 19.3 Å². The second-order valence-corrected chi connectivity index (χ2v) is 22.4. The Morgan fingerprint density at radius 3 is 1.02 bits per heavy atom. The molecular weight excluding hydrogens is 830 g/mol. The average Bonchev–Trinajstić information content (AvgIpc) is 3.27. The summed E-state index contributed by atoms with van der Waals surface area (Å²) in [5.74, 6) is -0.324. The Morgan fingerprint density at radius 1 is 0.415 bits per heavy atom. The Hall–Kier alpha value is -0.500. The number of phosphoric ester groups is 1. The molecule has 0 saturated heterocycles. The summed E-state index contributed by atoms with van der Waals surface area (Å²) < 4.78 is 34.8. The predicted molar refractivity (Wildman–Crippen MR) is 278 cm³/mol. The molecule has 390 valence electrons. The van der Waals surface area contributed by atoms with Crippen LogP contribution in [0.5, 0.6) is 0 Å². The topological polar surface area (TPSA) is 94.1 Å². The summed E-state index contributed by atoms with van der Waals surface area (Å²) >= 11 is 0. The van der Waals surface area contributed by atoms with Crippen molar-refractivity contribution in [1.29, 1.82) is 0 Å². The van der Waals surface area contributed by atoms with Crippen molar-refractivity contribution in [2.45, 2.75) is 302 Å². The molecule has 0 radical (unpaired) electrons. The van der Waals surface area contributed by atoms with E-state index in [0.29, 0.717) is 24.1 Å². The van der Waals surface area contributed by atoms with E-state index in [0.717, 1.165) is 32.1 Å². The molecule has 65 heavy (non-hydrogen) atoms. The summed E-state index contributed by atoms with van der Waals surface area (Å²) in [4.78, 5) is 25.2. The number of rotatable bonds is 55. The first-order valence-electron chi connectivity index (χ1n) is 28.8. The van der Waals surface area contributed by atoms with Crippen LogP contribution in [0.4, 0.5) is 0 Å². The molecule has 2 atom stereocenters. The zero-order valence-corrected chi connectivity index (χ0v) is 45.4. The highest BCUT2D eigenvalue weighted by atomic mass is 31.2. The fourth-order valence-corrected chi connectivity index (χ4v) is 9.46. The molecule has 0 aromatic rings. The van der Waals surface area contributed by atoms with E-state index in [9.17, 15) is 14.3 Å². The van der Waals surface area contributed by atoms with Crippen LogP contribution in [0.3, 0.4) is 0 Å². The first-order valence-corrected chi connectivity index (χ1v) is 30.2. The van der Waals surface area contributed by atoms with Gasteiger partial charge in [-0.25, -0.2) is 0 Å². The maximum atomic E-state index is 12.8. The van der Waals surface area contributed by atoms with Gasteiger partial charge in [-0.05, 0) is 12.8 Å². The molecule has 0 N–H and O–H groups in total. The van der Waals surface area contributed by atoms with E-state index in [2.05, 4.69) is 13.8 Å². The van der Waals surface area contributed by atoms with Gasteiger partial charge in [0.25, 0.3) is 7.82 Å². The number of carbonyl (C=O) groups is 1. The highest BCUT2D eigenvalue weighted by molar-refractivity contribution is 7.45. The highest BCUT2D eigenvalue weighted by Gasteiger charge is 2.20. The van der Waals surface area contributed by atoms with Crippen molar-refractivity contribution in [3.05, 3.63) is 0 Å². The van der Waals surface area contributed by atoms with Gasteiger partial charge in [-0.15, -0.1) is 0 Å². The van der Waals surface area contributed by atoms with Crippen molar-refractivity contribution in [2.75, 3.05) is 54.1 Å². The van der Waals surface area contributed by atoms with Crippen LogP contribution in [0.1, 0.15) is 296 Å².